The zero-order chi connectivity index (χ0) is 24.7. The van der Waals surface area contributed by atoms with Crippen molar-refractivity contribution in [2.75, 3.05) is 18.8 Å². The zero-order valence-corrected chi connectivity index (χ0v) is 20.3. The van der Waals surface area contributed by atoms with Gasteiger partial charge in [0.2, 0.25) is 0 Å². The standard InChI is InChI=1S/C25H26N6O3S/c1-14(32)21-22(16-5-8-30(9-6-16)25(34)15(2)33)29-24-19(12-28-31(24)23(21)26)17-3-4-20(27-11-17)18-7-10-35-13-18/h3-4,7,10-13,15-16,33H,5-6,8-9,26H2,1-2H3/t15-/m1/s1. The van der Waals surface area contributed by atoms with Crippen LogP contribution in [-0.4, -0.2) is 60.5 Å². The molecule has 1 aliphatic rings. The van der Waals surface area contributed by atoms with Gasteiger partial charge >= 0.3 is 0 Å². The van der Waals surface area contributed by atoms with Crippen LogP contribution in [0.2, 0.25) is 0 Å². The SMILES string of the molecule is CC(=O)c1c(C2CCN(C(=O)[C@@H](C)O)CC2)nc2c(-c3ccc(-c4ccsc4)nc3)cnn2c1N. The lowest BCUT2D eigenvalue weighted by molar-refractivity contribution is -0.140. The van der Waals surface area contributed by atoms with E-state index in [0.717, 1.165) is 22.4 Å². The fourth-order valence-corrected chi connectivity index (χ4v) is 5.31. The van der Waals surface area contributed by atoms with Crippen LogP contribution in [-0.2, 0) is 4.79 Å². The zero-order valence-electron chi connectivity index (χ0n) is 19.5. The molecule has 0 radical (unpaired) electrons. The normalized spacial score (nSPS) is 15.5. The van der Waals surface area contributed by atoms with Gasteiger partial charge in [-0.05, 0) is 44.2 Å². The Hall–Kier alpha value is -3.63. The number of Topliss-reactive ketones (excluding diaryl/α,β-unsaturated/α-hetero) is 1. The number of piperidine rings is 1. The summed E-state index contributed by atoms with van der Waals surface area (Å²) in [5.74, 6) is -0.238. The van der Waals surface area contributed by atoms with Crippen LogP contribution in [0, 0.1) is 0 Å². The molecule has 35 heavy (non-hydrogen) atoms. The van der Waals surface area contributed by atoms with Gasteiger partial charge in [0.15, 0.2) is 11.4 Å². The summed E-state index contributed by atoms with van der Waals surface area (Å²) in [5.41, 5.74) is 11.6. The average molecular weight is 491 g/mol. The molecule has 0 saturated carbocycles. The van der Waals surface area contributed by atoms with Crippen LogP contribution in [0.25, 0.3) is 28.0 Å². The molecule has 1 atom stereocenters. The van der Waals surface area contributed by atoms with Gasteiger partial charge in [0.25, 0.3) is 5.91 Å². The van der Waals surface area contributed by atoms with Crippen LogP contribution < -0.4 is 5.73 Å². The van der Waals surface area contributed by atoms with Crippen molar-refractivity contribution in [3.8, 4) is 22.4 Å². The second-order valence-corrected chi connectivity index (χ2v) is 9.61. The molecule has 180 valence electrons. The number of carbonyl (C=O) groups excluding carboxylic acids is 2. The molecular formula is C25H26N6O3S. The lowest BCUT2D eigenvalue weighted by Gasteiger charge is -2.33. The van der Waals surface area contributed by atoms with Gasteiger partial charge in [0.05, 0.1) is 23.1 Å². The fraction of sp³-hybridized carbons (Fsp3) is 0.320. The number of thiophene rings is 1. The minimum Gasteiger partial charge on any atom is -0.384 e. The molecule has 10 heteroatoms. The Labute approximate surface area is 206 Å². The quantitative estimate of drug-likeness (QED) is 0.411. The van der Waals surface area contributed by atoms with Crippen molar-refractivity contribution < 1.29 is 14.7 Å². The summed E-state index contributed by atoms with van der Waals surface area (Å²) < 4.78 is 1.51. The lowest BCUT2D eigenvalue weighted by Crippen LogP contribution is -2.42. The molecule has 9 nitrogen and oxygen atoms in total. The second kappa shape index (κ2) is 9.20. The van der Waals surface area contributed by atoms with Crippen LogP contribution in [0.1, 0.15) is 48.7 Å². The number of rotatable bonds is 5. The lowest BCUT2D eigenvalue weighted by atomic mass is 9.89. The molecule has 1 fully saturated rings. The highest BCUT2D eigenvalue weighted by atomic mass is 32.1. The van der Waals surface area contributed by atoms with E-state index >= 15 is 0 Å². The maximum Gasteiger partial charge on any atom is 0.251 e. The first-order valence-corrected chi connectivity index (χ1v) is 12.4. The summed E-state index contributed by atoms with van der Waals surface area (Å²) in [6.07, 6.45) is 3.71. The minimum atomic E-state index is -1.03. The number of nitrogen functional groups attached to an aromatic ring is 1. The number of anilines is 1. The van der Waals surface area contributed by atoms with Crippen molar-refractivity contribution in [1.82, 2.24) is 24.5 Å². The third-order valence-corrected chi connectivity index (χ3v) is 7.19. The topological polar surface area (TPSA) is 127 Å². The van der Waals surface area contributed by atoms with Crippen LogP contribution in [0.4, 0.5) is 5.82 Å². The molecule has 4 aromatic rings. The van der Waals surface area contributed by atoms with Gasteiger partial charge in [0, 0.05) is 47.3 Å². The summed E-state index contributed by atoms with van der Waals surface area (Å²) in [5, 5.41) is 18.1. The maximum absolute atomic E-state index is 12.6. The van der Waals surface area contributed by atoms with Gasteiger partial charge in [0.1, 0.15) is 11.9 Å². The fourth-order valence-electron chi connectivity index (χ4n) is 4.66. The summed E-state index contributed by atoms with van der Waals surface area (Å²) in [6.45, 7) is 3.92. The summed E-state index contributed by atoms with van der Waals surface area (Å²) in [4.78, 5) is 35.9. The summed E-state index contributed by atoms with van der Waals surface area (Å²) >= 11 is 1.62. The summed E-state index contributed by atoms with van der Waals surface area (Å²) in [7, 11) is 0. The smallest absolute Gasteiger partial charge is 0.251 e. The highest BCUT2D eigenvalue weighted by molar-refractivity contribution is 7.08. The van der Waals surface area contributed by atoms with Gasteiger partial charge < -0.3 is 15.7 Å². The molecule has 5 rings (SSSR count). The number of hydrogen-bond acceptors (Lipinski definition) is 8. The Morgan fingerprint density at radius 2 is 1.94 bits per heavy atom. The maximum atomic E-state index is 12.6. The van der Waals surface area contributed by atoms with E-state index in [4.69, 9.17) is 10.7 Å². The number of ketones is 1. The Morgan fingerprint density at radius 1 is 1.17 bits per heavy atom. The molecule has 0 bridgehead atoms. The van der Waals surface area contributed by atoms with E-state index in [1.807, 2.05) is 23.6 Å². The molecule has 1 amide bonds. The Bertz CT molecular complexity index is 1390. The van der Waals surface area contributed by atoms with Crippen molar-refractivity contribution in [1.29, 1.82) is 0 Å². The van der Waals surface area contributed by atoms with Crippen molar-refractivity contribution >= 4 is 34.5 Å². The molecule has 0 unspecified atom stereocenters. The first kappa shape index (κ1) is 23.1. The molecule has 1 aliphatic heterocycles. The van der Waals surface area contributed by atoms with Crippen molar-refractivity contribution in [3.05, 3.63) is 52.6 Å². The van der Waals surface area contributed by atoms with Gasteiger partial charge in [-0.2, -0.15) is 21.0 Å². The number of amides is 1. The number of nitrogens with two attached hydrogens (primary N) is 1. The number of aliphatic hydroxyl groups excluding tert-OH is 1. The van der Waals surface area contributed by atoms with Crippen molar-refractivity contribution in [2.45, 2.75) is 38.7 Å². The van der Waals surface area contributed by atoms with E-state index in [1.54, 1.807) is 28.6 Å². The predicted molar refractivity (Wildman–Crippen MR) is 134 cm³/mol. The molecular weight excluding hydrogens is 464 g/mol. The molecule has 0 aliphatic carbocycles. The van der Waals surface area contributed by atoms with Crippen LogP contribution in [0.15, 0.2) is 41.4 Å². The van der Waals surface area contributed by atoms with Gasteiger partial charge in [-0.1, -0.05) is 6.07 Å². The van der Waals surface area contributed by atoms with Crippen LogP contribution in [0.3, 0.4) is 0 Å². The van der Waals surface area contributed by atoms with Gasteiger partial charge in [-0.15, -0.1) is 0 Å². The third kappa shape index (κ3) is 4.19. The number of carbonyl (C=O) groups is 2. The number of nitrogens with zero attached hydrogens (tertiary/aromatic N) is 5. The van der Waals surface area contributed by atoms with E-state index in [9.17, 15) is 14.7 Å². The molecule has 0 spiro atoms. The van der Waals surface area contributed by atoms with E-state index < -0.39 is 6.10 Å². The molecule has 5 heterocycles. The number of aromatic nitrogens is 4. The highest BCUT2D eigenvalue weighted by Gasteiger charge is 2.31. The van der Waals surface area contributed by atoms with Gasteiger partial charge in [-0.3, -0.25) is 14.6 Å². The van der Waals surface area contributed by atoms with Crippen molar-refractivity contribution in [3.63, 3.8) is 0 Å². The first-order valence-electron chi connectivity index (χ1n) is 11.5. The Balaban J connectivity index is 1.53. The van der Waals surface area contributed by atoms with E-state index in [0.29, 0.717) is 42.8 Å². The minimum absolute atomic E-state index is 0.0407. The highest BCUT2D eigenvalue weighted by Crippen LogP contribution is 2.35. The Morgan fingerprint density at radius 3 is 2.54 bits per heavy atom. The van der Waals surface area contributed by atoms with E-state index in [1.165, 1.54) is 18.4 Å². The largest absolute Gasteiger partial charge is 0.384 e. The molecule has 4 aromatic heterocycles. The van der Waals surface area contributed by atoms with Crippen molar-refractivity contribution in [2.24, 2.45) is 0 Å². The average Bonchev–Trinajstić information content (AvgIpc) is 3.54. The number of hydrogen-bond donors (Lipinski definition) is 2. The number of likely N-dealkylation sites (tertiary alicyclic amines) is 1. The van der Waals surface area contributed by atoms with Crippen LogP contribution >= 0.6 is 11.3 Å². The van der Waals surface area contributed by atoms with Crippen LogP contribution in [0.5, 0.6) is 0 Å². The molecule has 1 saturated heterocycles. The summed E-state index contributed by atoms with van der Waals surface area (Å²) in [6, 6.07) is 5.97. The monoisotopic (exact) mass is 490 g/mol. The molecule has 3 N–H and O–H groups in total. The number of aliphatic hydroxyl groups is 1. The second-order valence-electron chi connectivity index (χ2n) is 8.83. The number of pyridine rings is 1. The first-order chi connectivity index (χ1) is 16.8. The molecule has 0 aromatic carbocycles. The Kier molecular flexibility index (Phi) is 6.08. The van der Waals surface area contributed by atoms with Gasteiger partial charge in [-0.25, -0.2) is 4.98 Å². The van der Waals surface area contributed by atoms with E-state index in [-0.39, 0.29) is 23.4 Å². The number of fused-ring (bicyclic) bond motifs is 1. The predicted octanol–water partition coefficient (Wildman–Crippen LogP) is 3.39. The van der Waals surface area contributed by atoms with E-state index in [2.05, 4.69) is 15.5 Å². The third-order valence-electron chi connectivity index (χ3n) is 6.50.